The van der Waals surface area contributed by atoms with Gasteiger partial charge in [0.15, 0.2) is 0 Å². The van der Waals surface area contributed by atoms with Crippen molar-refractivity contribution in [2.45, 2.75) is 18.9 Å². The molecule has 0 radical (unpaired) electrons. The van der Waals surface area contributed by atoms with Gasteiger partial charge in [-0.1, -0.05) is 0 Å². The van der Waals surface area contributed by atoms with Crippen LogP contribution >= 0.6 is 0 Å². The minimum atomic E-state index is -0.122. The van der Waals surface area contributed by atoms with Crippen LogP contribution in [0.3, 0.4) is 0 Å². The Hall–Kier alpha value is -1.78. The maximum atomic E-state index is 11.8. The van der Waals surface area contributed by atoms with Crippen molar-refractivity contribution in [1.82, 2.24) is 9.88 Å². The monoisotopic (exact) mass is 235 g/mol. The van der Waals surface area contributed by atoms with Gasteiger partial charge in [-0.15, -0.1) is 0 Å². The second-order valence-electron chi connectivity index (χ2n) is 4.34. The van der Waals surface area contributed by atoms with Gasteiger partial charge in [0, 0.05) is 33.3 Å². The number of hydrogen-bond acceptors (Lipinski definition) is 4. The lowest BCUT2D eigenvalue weighted by Gasteiger charge is -2.12. The fourth-order valence-corrected chi connectivity index (χ4v) is 1.42. The number of rotatable bonds is 4. The van der Waals surface area contributed by atoms with Gasteiger partial charge in [-0.2, -0.15) is 0 Å². The Morgan fingerprint density at radius 1 is 1.47 bits per heavy atom. The highest BCUT2D eigenvalue weighted by atomic mass is 16.5. The van der Waals surface area contributed by atoms with E-state index in [1.54, 1.807) is 27.2 Å². The van der Waals surface area contributed by atoms with Crippen LogP contribution in [-0.2, 0) is 0 Å². The Bertz CT molecular complexity index is 428. The average molecular weight is 235 g/mol. The van der Waals surface area contributed by atoms with Gasteiger partial charge in [0.05, 0.1) is 6.10 Å². The first-order valence-electron chi connectivity index (χ1n) is 5.68. The van der Waals surface area contributed by atoms with Crippen molar-refractivity contribution in [2.75, 3.05) is 26.5 Å². The molecule has 1 fully saturated rings. The molecule has 1 aliphatic carbocycles. The first-order valence-corrected chi connectivity index (χ1v) is 5.68. The highest BCUT2D eigenvalue weighted by molar-refractivity contribution is 5.92. The van der Waals surface area contributed by atoms with E-state index < -0.39 is 0 Å². The van der Waals surface area contributed by atoms with Crippen molar-refractivity contribution in [3.05, 3.63) is 17.8 Å². The zero-order chi connectivity index (χ0) is 12.4. The third kappa shape index (κ3) is 2.87. The van der Waals surface area contributed by atoms with Gasteiger partial charge in [0.1, 0.15) is 17.3 Å². The summed E-state index contributed by atoms with van der Waals surface area (Å²) in [4.78, 5) is 17.6. The summed E-state index contributed by atoms with van der Waals surface area (Å²) >= 11 is 0. The van der Waals surface area contributed by atoms with Crippen LogP contribution in [-0.4, -0.2) is 43.0 Å². The molecule has 0 atom stereocenters. The minimum Gasteiger partial charge on any atom is -0.490 e. The van der Waals surface area contributed by atoms with Crippen LogP contribution in [0.1, 0.15) is 23.3 Å². The molecule has 1 saturated carbocycles. The second kappa shape index (κ2) is 4.61. The summed E-state index contributed by atoms with van der Waals surface area (Å²) in [6.45, 7) is 0. The number of aromatic nitrogens is 1. The third-order valence-corrected chi connectivity index (χ3v) is 2.51. The van der Waals surface area contributed by atoms with Crippen molar-refractivity contribution in [1.29, 1.82) is 0 Å². The summed E-state index contributed by atoms with van der Waals surface area (Å²) in [5.74, 6) is 1.23. The predicted molar refractivity (Wildman–Crippen MR) is 65.5 cm³/mol. The molecule has 2 rings (SSSR count). The molecular weight excluding hydrogens is 218 g/mol. The van der Waals surface area contributed by atoms with Gasteiger partial charge < -0.3 is 15.0 Å². The van der Waals surface area contributed by atoms with E-state index in [1.165, 1.54) is 4.90 Å². The molecule has 0 aliphatic heterocycles. The molecule has 1 amide bonds. The van der Waals surface area contributed by atoms with Gasteiger partial charge >= 0.3 is 0 Å². The summed E-state index contributed by atoms with van der Waals surface area (Å²) < 4.78 is 5.69. The number of nitrogens with zero attached hydrogens (tertiary/aromatic N) is 2. The lowest BCUT2D eigenvalue weighted by Crippen LogP contribution is -2.23. The molecule has 0 unspecified atom stereocenters. The molecule has 1 N–H and O–H groups in total. The number of nitrogens with one attached hydrogen (secondary N) is 1. The van der Waals surface area contributed by atoms with Crippen LogP contribution in [0.15, 0.2) is 12.1 Å². The largest absolute Gasteiger partial charge is 0.490 e. The minimum absolute atomic E-state index is 0.122. The van der Waals surface area contributed by atoms with Crippen molar-refractivity contribution < 1.29 is 9.53 Å². The van der Waals surface area contributed by atoms with Gasteiger partial charge in [-0.25, -0.2) is 4.98 Å². The Labute approximate surface area is 101 Å². The Balaban J connectivity index is 2.26. The molecule has 1 aromatic rings. The third-order valence-electron chi connectivity index (χ3n) is 2.51. The highest BCUT2D eigenvalue weighted by Gasteiger charge is 2.24. The number of hydrogen-bond donors (Lipinski definition) is 1. The lowest BCUT2D eigenvalue weighted by atomic mass is 10.3. The zero-order valence-electron chi connectivity index (χ0n) is 10.4. The summed E-state index contributed by atoms with van der Waals surface area (Å²) in [7, 11) is 5.18. The maximum absolute atomic E-state index is 11.8. The molecule has 0 spiro atoms. The second-order valence-corrected chi connectivity index (χ2v) is 4.34. The molecule has 5 heteroatoms. The number of amides is 1. The highest BCUT2D eigenvalue weighted by Crippen LogP contribution is 2.28. The molecule has 1 aromatic heterocycles. The lowest BCUT2D eigenvalue weighted by molar-refractivity contribution is 0.0821. The van der Waals surface area contributed by atoms with Crippen molar-refractivity contribution in [3.8, 4) is 5.75 Å². The van der Waals surface area contributed by atoms with E-state index in [1.807, 2.05) is 6.07 Å². The van der Waals surface area contributed by atoms with Crippen molar-refractivity contribution >= 4 is 11.7 Å². The first-order chi connectivity index (χ1) is 8.10. The molecule has 0 bridgehead atoms. The summed E-state index contributed by atoms with van der Waals surface area (Å²) in [6, 6.07) is 3.51. The molecule has 0 aromatic carbocycles. The van der Waals surface area contributed by atoms with Crippen LogP contribution in [0.2, 0.25) is 0 Å². The average Bonchev–Trinajstić information content (AvgIpc) is 3.11. The normalized spacial score (nSPS) is 14.3. The standard InChI is InChI=1S/C12H17N3O2/c1-13-11-7-9(17-8-4-5-8)6-10(14-11)12(16)15(2)3/h6-8H,4-5H2,1-3H3,(H,13,14). The number of anilines is 1. The maximum Gasteiger partial charge on any atom is 0.272 e. The smallest absolute Gasteiger partial charge is 0.272 e. The van der Waals surface area contributed by atoms with Crippen molar-refractivity contribution in [2.24, 2.45) is 0 Å². The van der Waals surface area contributed by atoms with Gasteiger partial charge in [-0.3, -0.25) is 4.79 Å². The Morgan fingerprint density at radius 2 is 2.18 bits per heavy atom. The number of ether oxygens (including phenoxy) is 1. The fourth-order valence-electron chi connectivity index (χ4n) is 1.42. The number of carbonyl (C=O) groups is 1. The van der Waals surface area contributed by atoms with Gasteiger partial charge in [0.25, 0.3) is 5.91 Å². The van der Waals surface area contributed by atoms with Crippen LogP contribution in [0, 0.1) is 0 Å². The Kier molecular flexibility index (Phi) is 3.17. The van der Waals surface area contributed by atoms with E-state index in [0.717, 1.165) is 12.8 Å². The molecule has 5 nitrogen and oxygen atoms in total. The molecule has 1 heterocycles. The van der Waals surface area contributed by atoms with Gasteiger partial charge in [0.2, 0.25) is 0 Å². The number of carbonyl (C=O) groups excluding carboxylic acids is 1. The predicted octanol–water partition coefficient (Wildman–Crippen LogP) is 1.37. The van der Waals surface area contributed by atoms with E-state index in [9.17, 15) is 4.79 Å². The summed E-state index contributed by atoms with van der Waals surface area (Å²) in [6.07, 6.45) is 2.49. The quantitative estimate of drug-likeness (QED) is 0.856. The number of pyridine rings is 1. The molecule has 1 aliphatic rings. The summed E-state index contributed by atoms with van der Waals surface area (Å²) in [5, 5.41) is 2.93. The Morgan fingerprint density at radius 3 is 2.71 bits per heavy atom. The van der Waals surface area contributed by atoms with Gasteiger partial charge in [-0.05, 0) is 12.8 Å². The first kappa shape index (κ1) is 11.7. The van der Waals surface area contributed by atoms with E-state index in [-0.39, 0.29) is 5.91 Å². The SMILES string of the molecule is CNc1cc(OC2CC2)cc(C(=O)N(C)C)n1. The van der Waals surface area contributed by atoms with Crippen LogP contribution in [0.5, 0.6) is 5.75 Å². The molecule has 17 heavy (non-hydrogen) atoms. The van der Waals surface area contributed by atoms with E-state index in [0.29, 0.717) is 23.4 Å². The van der Waals surface area contributed by atoms with Crippen LogP contribution < -0.4 is 10.1 Å². The van der Waals surface area contributed by atoms with E-state index >= 15 is 0 Å². The molecule has 92 valence electrons. The fraction of sp³-hybridized carbons (Fsp3) is 0.500. The van der Waals surface area contributed by atoms with Crippen LogP contribution in [0.25, 0.3) is 0 Å². The molecule has 0 saturated heterocycles. The summed E-state index contributed by atoms with van der Waals surface area (Å²) in [5.41, 5.74) is 0.400. The molecular formula is C12H17N3O2. The van der Waals surface area contributed by atoms with Crippen LogP contribution in [0.4, 0.5) is 5.82 Å². The topological polar surface area (TPSA) is 54.5 Å². The van der Waals surface area contributed by atoms with Crippen molar-refractivity contribution in [3.63, 3.8) is 0 Å². The zero-order valence-corrected chi connectivity index (χ0v) is 10.4. The van der Waals surface area contributed by atoms with E-state index in [4.69, 9.17) is 4.74 Å². The van der Waals surface area contributed by atoms with E-state index in [2.05, 4.69) is 10.3 Å².